The number of rotatable bonds is 2. The van der Waals surface area contributed by atoms with Crippen molar-refractivity contribution in [3.8, 4) is 0 Å². The van der Waals surface area contributed by atoms with E-state index in [1.165, 1.54) is 0 Å². The molecule has 0 aromatic heterocycles. The lowest BCUT2D eigenvalue weighted by molar-refractivity contribution is -0.130. The summed E-state index contributed by atoms with van der Waals surface area (Å²) in [6.07, 6.45) is 0. The summed E-state index contributed by atoms with van der Waals surface area (Å²) in [7, 11) is 0. The number of carboxylic acid groups (broad SMARTS) is 1. The summed E-state index contributed by atoms with van der Waals surface area (Å²) in [6, 6.07) is 9.32. The second-order valence-electron chi connectivity index (χ2n) is 2.98. The van der Waals surface area contributed by atoms with Crippen LogP contribution in [0.15, 0.2) is 35.3 Å². The molecule has 1 atom stereocenters. The standard InChI is InChI=1S/C10H9NO3/c12-10(13)9-11-8(6-14-9)7-4-2-1-3-5-7/h1-5,8H,6H2,(H,12,13)/t8-/m1/s1. The topological polar surface area (TPSA) is 58.9 Å². The molecule has 0 radical (unpaired) electrons. The molecule has 0 bridgehead atoms. The summed E-state index contributed by atoms with van der Waals surface area (Å²) < 4.78 is 4.93. The normalized spacial score (nSPS) is 20.0. The Labute approximate surface area is 80.8 Å². The highest BCUT2D eigenvalue weighted by molar-refractivity contribution is 6.32. The Balaban J connectivity index is 2.20. The van der Waals surface area contributed by atoms with Gasteiger partial charge in [0, 0.05) is 0 Å². The van der Waals surface area contributed by atoms with Crippen molar-refractivity contribution >= 4 is 11.9 Å². The Morgan fingerprint density at radius 1 is 1.43 bits per heavy atom. The smallest absolute Gasteiger partial charge is 0.391 e. The van der Waals surface area contributed by atoms with Gasteiger partial charge in [0.1, 0.15) is 12.6 Å². The number of hydrogen-bond acceptors (Lipinski definition) is 3. The SMILES string of the molecule is O=C(O)C1=N[C@@H](c2ccccc2)CO1. The fourth-order valence-corrected chi connectivity index (χ4v) is 1.34. The van der Waals surface area contributed by atoms with Gasteiger partial charge < -0.3 is 9.84 Å². The first-order chi connectivity index (χ1) is 6.77. The Bertz CT molecular complexity index is 372. The highest BCUT2D eigenvalue weighted by atomic mass is 16.5. The molecule has 0 aliphatic carbocycles. The van der Waals surface area contributed by atoms with Crippen molar-refractivity contribution in [2.75, 3.05) is 6.61 Å². The third-order valence-corrected chi connectivity index (χ3v) is 2.02. The zero-order valence-electron chi connectivity index (χ0n) is 7.38. The molecule has 0 saturated carbocycles. The molecule has 0 saturated heterocycles. The second kappa shape index (κ2) is 3.49. The number of carbonyl (C=O) groups is 1. The summed E-state index contributed by atoms with van der Waals surface area (Å²) in [5.41, 5.74) is 0.976. The first-order valence-corrected chi connectivity index (χ1v) is 4.26. The molecule has 14 heavy (non-hydrogen) atoms. The van der Waals surface area contributed by atoms with Crippen molar-refractivity contribution in [1.29, 1.82) is 0 Å². The van der Waals surface area contributed by atoms with E-state index in [9.17, 15) is 4.79 Å². The molecule has 1 aromatic rings. The van der Waals surface area contributed by atoms with E-state index in [1.54, 1.807) is 0 Å². The Morgan fingerprint density at radius 3 is 2.71 bits per heavy atom. The quantitative estimate of drug-likeness (QED) is 0.765. The number of carboxylic acids is 1. The van der Waals surface area contributed by atoms with Crippen LogP contribution in [0.2, 0.25) is 0 Å². The van der Waals surface area contributed by atoms with Crippen molar-refractivity contribution in [2.24, 2.45) is 4.99 Å². The molecule has 0 spiro atoms. The Hall–Kier alpha value is -1.84. The first kappa shape index (κ1) is 8.74. The molecule has 2 rings (SSSR count). The van der Waals surface area contributed by atoms with Crippen LogP contribution in [0.3, 0.4) is 0 Å². The van der Waals surface area contributed by atoms with Crippen LogP contribution >= 0.6 is 0 Å². The van der Waals surface area contributed by atoms with E-state index in [2.05, 4.69) is 4.99 Å². The van der Waals surface area contributed by atoms with Gasteiger partial charge in [-0.3, -0.25) is 0 Å². The Kier molecular flexibility index (Phi) is 2.18. The summed E-state index contributed by atoms with van der Waals surface area (Å²) in [4.78, 5) is 14.5. The molecule has 1 N–H and O–H groups in total. The predicted octanol–water partition coefficient (Wildman–Crippen LogP) is 1.24. The van der Waals surface area contributed by atoms with Gasteiger partial charge in [0.05, 0.1) is 0 Å². The van der Waals surface area contributed by atoms with E-state index in [0.29, 0.717) is 6.61 Å². The molecule has 1 aliphatic heterocycles. The molecule has 72 valence electrons. The third-order valence-electron chi connectivity index (χ3n) is 2.02. The van der Waals surface area contributed by atoms with Crippen LogP contribution in [0.5, 0.6) is 0 Å². The molecule has 0 fully saturated rings. The van der Waals surface area contributed by atoms with Crippen molar-refractivity contribution < 1.29 is 14.6 Å². The minimum absolute atomic E-state index is 0.178. The fourth-order valence-electron chi connectivity index (χ4n) is 1.34. The van der Waals surface area contributed by atoms with Crippen LogP contribution < -0.4 is 0 Å². The minimum Gasteiger partial charge on any atom is -0.474 e. The summed E-state index contributed by atoms with van der Waals surface area (Å²) >= 11 is 0. The summed E-state index contributed by atoms with van der Waals surface area (Å²) in [5.74, 6) is -1.30. The van der Waals surface area contributed by atoms with Gasteiger partial charge in [0.2, 0.25) is 0 Å². The molecule has 4 heteroatoms. The summed E-state index contributed by atoms with van der Waals surface area (Å²) in [5, 5.41) is 8.62. The van der Waals surface area contributed by atoms with Crippen LogP contribution in [-0.2, 0) is 9.53 Å². The maximum atomic E-state index is 10.5. The van der Waals surface area contributed by atoms with Gasteiger partial charge in [-0.2, -0.15) is 0 Å². The maximum Gasteiger partial charge on any atom is 0.391 e. The highest BCUT2D eigenvalue weighted by Crippen LogP contribution is 2.22. The van der Waals surface area contributed by atoms with Gasteiger partial charge in [-0.1, -0.05) is 30.3 Å². The predicted molar refractivity (Wildman–Crippen MR) is 50.2 cm³/mol. The zero-order chi connectivity index (χ0) is 9.97. The lowest BCUT2D eigenvalue weighted by atomic mass is 10.1. The van der Waals surface area contributed by atoms with Crippen LogP contribution in [0.1, 0.15) is 11.6 Å². The van der Waals surface area contributed by atoms with E-state index in [-0.39, 0.29) is 11.9 Å². The fraction of sp³-hybridized carbons (Fsp3) is 0.200. The van der Waals surface area contributed by atoms with E-state index in [0.717, 1.165) is 5.56 Å². The molecule has 4 nitrogen and oxygen atoms in total. The van der Waals surface area contributed by atoms with Crippen molar-refractivity contribution in [1.82, 2.24) is 0 Å². The number of aliphatic imine (C=N–C) groups is 1. The second-order valence-corrected chi connectivity index (χ2v) is 2.98. The van der Waals surface area contributed by atoms with Gasteiger partial charge >= 0.3 is 5.97 Å². The van der Waals surface area contributed by atoms with Gasteiger partial charge in [0.15, 0.2) is 0 Å². The number of aliphatic carboxylic acids is 1. The molecular formula is C10H9NO3. The van der Waals surface area contributed by atoms with Crippen LogP contribution in [0.25, 0.3) is 0 Å². The number of hydrogen-bond donors (Lipinski definition) is 1. The van der Waals surface area contributed by atoms with E-state index < -0.39 is 5.97 Å². The summed E-state index contributed by atoms with van der Waals surface area (Å²) in [6.45, 7) is 0.311. The average Bonchev–Trinajstić information content (AvgIpc) is 2.68. The van der Waals surface area contributed by atoms with Crippen molar-refractivity contribution in [3.63, 3.8) is 0 Å². The van der Waals surface area contributed by atoms with Crippen LogP contribution in [-0.4, -0.2) is 23.6 Å². The largest absolute Gasteiger partial charge is 0.474 e. The number of nitrogens with zero attached hydrogens (tertiary/aromatic N) is 1. The number of ether oxygens (including phenoxy) is 1. The Morgan fingerprint density at radius 2 is 2.14 bits per heavy atom. The van der Waals surface area contributed by atoms with Gasteiger partial charge in [-0.25, -0.2) is 9.79 Å². The van der Waals surface area contributed by atoms with E-state index in [4.69, 9.17) is 9.84 Å². The van der Waals surface area contributed by atoms with Crippen molar-refractivity contribution in [2.45, 2.75) is 6.04 Å². The van der Waals surface area contributed by atoms with E-state index >= 15 is 0 Å². The van der Waals surface area contributed by atoms with Gasteiger partial charge in [0.25, 0.3) is 5.90 Å². The van der Waals surface area contributed by atoms with Crippen LogP contribution in [0, 0.1) is 0 Å². The molecular weight excluding hydrogens is 182 g/mol. The monoisotopic (exact) mass is 191 g/mol. The van der Waals surface area contributed by atoms with Gasteiger partial charge in [-0.15, -0.1) is 0 Å². The molecule has 1 aromatic carbocycles. The number of benzene rings is 1. The van der Waals surface area contributed by atoms with Gasteiger partial charge in [-0.05, 0) is 5.56 Å². The lowest BCUT2D eigenvalue weighted by Crippen LogP contribution is -2.12. The third kappa shape index (κ3) is 1.59. The van der Waals surface area contributed by atoms with Crippen molar-refractivity contribution in [3.05, 3.63) is 35.9 Å². The molecule has 1 aliphatic rings. The lowest BCUT2D eigenvalue weighted by Gasteiger charge is -2.03. The average molecular weight is 191 g/mol. The molecule has 1 heterocycles. The minimum atomic E-state index is -1.11. The zero-order valence-corrected chi connectivity index (χ0v) is 7.38. The highest BCUT2D eigenvalue weighted by Gasteiger charge is 2.24. The van der Waals surface area contributed by atoms with Crippen LogP contribution in [0.4, 0.5) is 0 Å². The van der Waals surface area contributed by atoms with E-state index in [1.807, 2.05) is 30.3 Å². The molecule has 0 amide bonds. The maximum absolute atomic E-state index is 10.5. The molecule has 0 unspecified atom stereocenters. The first-order valence-electron chi connectivity index (χ1n) is 4.26.